The van der Waals surface area contributed by atoms with Gasteiger partial charge in [0.1, 0.15) is 6.54 Å². The summed E-state index contributed by atoms with van der Waals surface area (Å²) in [7, 11) is 0. The fraction of sp³-hybridized carbons (Fsp3) is 0.400. The van der Waals surface area contributed by atoms with Gasteiger partial charge >= 0.3 is 6.03 Å². The van der Waals surface area contributed by atoms with Crippen LogP contribution in [-0.2, 0) is 15.1 Å². The van der Waals surface area contributed by atoms with E-state index in [0.717, 1.165) is 16.0 Å². The van der Waals surface area contributed by atoms with Crippen LogP contribution in [0.3, 0.4) is 0 Å². The van der Waals surface area contributed by atoms with Crippen molar-refractivity contribution >= 4 is 17.8 Å². The molecule has 1 aliphatic heterocycles. The molecular formula is C25H31N3O3. The van der Waals surface area contributed by atoms with Crippen LogP contribution in [0.4, 0.5) is 4.79 Å². The minimum Gasteiger partial charge on any atom is -0.336 e. The van der Waals surface area contributed by atoms with Crippen molar-refractivity contribution in [3.63, 3.8) is 0 Å². The van der Waals surface area contributed by atoms with Crippen molar-refractivity contribution < 1.29 is 14.4 Å². The summed E-state index contributed by atoms with van der Waals surface area (Å²) in [6.45, 7) is 11.4. The maximum atomic E-state index is 13.8. The maximum Gasteiger partial charge on any atom is 0.326 e. The van der Waals surface area contributed by atoms with Crippen LogP contribution in [0.1, 0.15) is 49.9 Å². The van der Waals surface area contributed by atoms with E-state index in [4.69, 9.17) is 0 Å². The van der Waals surface area contributed by atoms with Crippen LogP contribution in [-0.4, -0.2) is 46.3 Å². The molecule has 2 aromatic carbocycles. The molecule has 6 nitrogen and oxygen atoms in total. The summed E-state index contributed by atoms with van der Waals surface area (Å²) in [5, 5.41) is 2.92. The number of amides is 4. The third-order valence-electron chi connectivity index (χ3n) is 5.95. The highest BCUT2D eigenvalue weighted by Crippen LogP contribution is 2.36. The summed E-state index contributed by atoms with van der Waals surface area (Å²) >= 11 is 0. The van der Waals surface area contributed by atoms with Gasteiger partial charge in [-0.1, -0.05) is 48.5 Å². The van der Waals surface area contributed by atoms with Gasteiger partial charge in [-0.05, 0) is 63.8 Å². The van der Waals surface area contributed by atoms with Crippen LogP contribution < -0.4 is 5.32 Å². The molecule has 0 aromatic heterocycles. The summed E-state index contributed by atoms with van der Waals surface area (Å²) in [5.74, 6) is -0.690. The van der Waals surface area contributed by atoms with E-state index in [0.29, 0.717) is 11.1 Å². The van der Waals surface area contributed by atoms with Crippen LogP contribution >= 0.6 is 0 Å². The molecule has 3 rings (SSSR count). The Labute approximate surface area is 184 Å². The third-order valence-corrected chi connectivity index (χ3v) is 5.95. The Kier molecular flexibility index (Phi) is 6.20. The summed E-state index contributed by atoms with van der Waals surface area (Å²) < 4.78 is 0. The number of aryl methyl sites for hydroxylation is 2. The second kappa shape index (κ2) is 8.53. The van der Waals surface area contributed by atoms with E-state index in [-0.39, 0.29) is 24.5 Å². The molecule has 2 aromatic rings. The van der Waals surface area contributed by atoms with E-state index in [1.165, 1.54) is 0 Å². The van der Waals surface area contributed by atoms with Crippen LogP contribution in [0.5, 0.6) is 0 Å². The first kappa shape index (κ1) is 22.5. The van der Waals surface area contributed by atoms with Crippen LogP contribution in [0.15, 0.2) is 48.5 Å². The van der Waals surface area contributed by atoms with Crippen molar-refractivity contribution in [1.82, 2.24) is 15.1 Å². The second-order valence-corrected chi connectivity index (χ2v) is 8.73. The first-order chi connectivity index (χ1) is 14.6. The van der Waals surface area contributed by atoms with Crippen LogP contribution in [0, 0.1) is 13.8 Å². The van der Waals surface area contributed by atoms with Gasteiger partial charge < -0.3 is 10.2 Å². The van der Waals surface area contributed by atoms with Crippen molar-refractivity contribution in [2.75, 3.05) is 6.54 Å². The highest BCUT2D eigenvalue weighted by Gasteiger charge is 2.54. The largest absolute Gasteiger partial charge is 0.336 e. The van der Waals surface area contributed by atoms with Crippen molar-refractivity contribution in [1.29, 1.82) is 0 Å². The molecule has 164 valence electrons. The zero-order valence-corrected chi connectivity index (χ0v) is 19.1. The summed E-state index contributed by atoms with van der Waals surface area (Å²) in [4.78, 5) is 42.6. The SMILES string of the molecule is Cc1ccc([C@@]2(c3ccccc3)NC(=O)N(CC(=O)N(C(C)C)C(C)C)C2=O)cc1C. The lowest BCUT2D eigenvalue weighted by Crippen LogP contribution is -2.49. The average Bonchev–Trinajstić information content (AvgIpc) is 2.95. The van der Waals surface area contributed by atoms with Crippen LogP contribution in [0.25, 0.3) is 0 Å². The molecule has 6 heteroatoms. The molecule has 1 heterocycles. The number of carbonyl (C=O) groups is 3. The van der Waals surface area contributed by atoms with Gasteiger partial charge in [-0.25, -0.2) is 4.79 Å². The topological polar surface area (TPSA) is 69.7 Å². The number of benzene rings is 2. The standard InChI is InChI=1S/C25H31N3O3/c1-16(2)28(17(3)4)22(29)15-27-23(30)25(26-24(27)31,20-10-8-7-9-11-20)21-13-12-18(5)19(6)14-21/h7-14,16-17H,15H2,1-6H3,(H,26,31)/t25-/m1/s1. The minimum atomic E-state index is -1.36. The highest BCUT2D eigenvalue weighted by atomic mass is 16.2. The smallest absolute Gasteiger partial charge is 0.326 e. The Morgan fingerprint density at radius 1 is 0.935 bits per heavy atom. The Hall–Kier alpha value is -3.15. The predicted molar refractivity (Wildman–Crippen MR) is 121 cm³/mol. The van der Waals surface area contributed by atoms with E-state index in [1.807, 2.05) is 90.1 Å². The van der Waals surface area contributed by atoms with E-state index in [1.54, 1.807) is 4.90 Å². The van der Waals surface area contributed by atoms with Crippen molar-refractivity contribution in [3.05, 3.63) is 70.8 Å². The van der Waals surface area contributed by atoms with Crippen LogP contribution in [0.2, 0.25) is 0 Å². The summed E-state index contributed by atoms with van der Waals surface area (Å²) in [5.41, 5.74) is 2.10. The molecule has 0 spiro atoms. The summed E-state index contributed by atoms with van der Waals surface area (Å²) in [6, 6.07) is 14.3. The second-order valence-electron chi connectivity index (χ2n) is 8.73. The minimum absolute atomic E-state index is 0.0353. The fourth-order valence-corrected chi connectivity index (χ4v) is 4.33. The van der Waals surface area contributed by atoms with Crippen molar-refractivity contribution in [2.24, 2.45) is 0 Å². The molecule has 4 amide bonds. The fourth-order valence-electron chi connectivity index (χ4n) is 4.33. The quantitative estimate of drug-likeness (QED) is 0.723. The molecule has 0 unspecified atom stereocenters. The molecule has 1 N–H and O–H groups in total. The molecule has 31 heavy (non-hydrogen) atoms. The number of hydrogen-bond acceptors (Lipinski definition) is 3. The number of hydrogen-bond donors (Lipinski definition) is 1. The lowest BCUT2D eigenvalue weighted by Gasteiger charge is -2.32. The zero-order chi connectivity index (χ0) is 22.9. The Bertz CT molecular complexity index is 992. The molecule has 1 atom stereocenters. The molecule has 0 radical (unpaired) electrons. The number of rotatable bonds is 6. The predicted octanol–water partition coefficient (Wildman–Crippen LogP) is 3.74. The van der Waals surface area contributed by atoms with Gasteiger partial charge in [0.05, 0.1) is 0 Å². The monoisotopic (exact) mass is 421 g/mol. The number of carbonyl (C=O) groups excluding carboxylic acids is 3. The average molecular weight is 422 g/mol. The van der Waals surface area contributed by atoms with Gasteiger partial charge in [0.25, 0.3) is 5.91 Å². The van der Waals surface area contributed by atoms with Crippen molar-refractivity contribution in [3.8, 4) is 0 Å². The van der Waals surface area contributed by atoms with Gasteiger partial charge in [0, 0.05) is 12.1 Å². The van der Waals surface area contributed by atoms with Gasteiger partial charge in [0.15, 0.2) is 5.54 Å². The van der Waals surface area contributed by atoms with Gasteiger partial charge in [0.2, 0.25) is 5.91 Å². The molecular weight excluding hydrogens is 390 g/mol. The molecule has 0 aliphatic carbocycles. The molecule has 1 saturated heterocycles. The highest BCUT2D eigenvalue weighted by molar-refractivity contribution is 6.11. The molecule has 0 saturated carbocycles. The van der Waals surface area contributed by atoms with Crippen molar-refractivity contribution in [2.45, 2.75) is 59.2 Å². The van der Waals surface area contributed by atoms with Gasteiger partial charge in [-0.2, -0.15) is 0 Å². The van der Waals surface area contributed by atoms with Gasteiger partial charge in [-0.15, -0.1) is 0 Å². The summed E-state index contributed by atoms with van der Waals surface area (Å²) in [6.07, 6.45) is 0. The Morgan fingerprint density at radius 3 is 2.10 bits per heavy atom. The van der Waals surface area contributed by atoms with Gasteiger partial charge in [-0.3, -0.25) is 14.5 Å². The molecule has 1 fully saturated rings. The zero-order valence-electron chi connectivity index (χ0n) is 19.1. The van der Waals surface area contributed by atoms with E-state index < -0.39 is 17.5 Å². The lowest BCUT2D eigenvalue weighted by molar-refractivity contribution is -0.140. The maximum absolute atomic E-state index is 13.8. The lowest BCUT2D eigenvalue weighted by atomic mass is 9.81. The van der Waals surface area contributed by atoms with E-state index >= 15 is 0 Å². The number of urea groups is 1. The third kappa shape index (κ3) is 3.94. The normalized spacial score (nSPS) is 18.6. The number of imide groups is 1. The van der Waals surface area contributed by atoms with E-state index in [9.17, 15) is 14.4 Å². The number of nitrogens with zero attached hydrogens (tertiary/aromatic N) is 2. The first-order valence-electron chi connectivity index (χ1n) is 10.7. The molecule has 1 aliphatic rings. The number of nitrogens with one attached hydrogen (secondary N) is 1. The first-order valence-corrected chi connectivity index (χ1v) is 10.7. The molecule has 0 bridgehead atoms. The van der Waals surface area contributed by atoms with E-state index in [2.05, 4.69) is 5.32 Å². The Morgan fingerprint density at radius 2 is 1.55 bits per heavy atom. The Balaban J connectivity index is 2.06.